The van der Waals surface area contributed by atoms with E-state index in [9.17, 15) is 5.11 Å². The zero-order chi connectivity index (χ0) is 11.1. The van der Waals surface area contributed by atoms with E-state index in [1.54, 1.807) is 18.7 Å². The summed E-state index contributed by atoms with van der Waals surface area (Å²) < 4.78 is -0.0805. The van der Waals surface area contributed by atoms with E-state index in [2.05, 4.69) is 5.10 Å². The molecule has 0 aromatic carbocycles. The average molecular weight is 258 g/mol. The Balaban J connectivity index is 3.19. The van der Waals surface area contributed by atoms with Crippen molar-refractivity contribution in [3.63, 3.8) is 0 Å². The summed E-state index contributed by atoms with van der Waals surface area (Å²) in [4.78, 5) is 0. The molecular weight excluding hydrogens is 246 g/mol. The van der Waals surface area contributed by atoms with E-state index in [-0.39, 0.29) is 0 Å². The van der Waals surface area contributed by atoms with Crippen molar-refractivity contribution in [2.45, 2.75) is 23.7 Å². The molecule has 0 aliphatic rings. The van der Waals surface area contributed by atoms with Crippen LogP contribution in [0.1, 0.15) is 23.1 Å². The molecule has 0 amide bonds. The molecule has 14 heavy (non-hydrogen) atoms. The molecule has 0 aliphatic carbocycles. The molecular formula is C8H11Cl3N2O. The molecule has 0 bridgehead atoms. The van der Waals surface area contributed by atoms with Crippen molar-refractivity contribution >= 4 is 34.8 Å². The van der Waals surface area contributed by atoms with Gasteiger partial charge in [-0.25, -0.2) is 0 Å². The topological polar surface area (TPSA) is 38.0 Å². The van der Waals surface area contributed by atoms with Crippen molar-refractivity contribution < 1.29 is 5.11 Å². The second kappa shape index (κ2) is 3.89. The smallest absolute Gasteiger partial charge is 0.220 e. The molecule has 0 saturated heterocycles. The van der Waals surface area contributed by atoms with Crippen LogP contribution < -0.4 is 0 Å². The summed E-state index contributed by atoms with van der Waals surface area (Å²) in [6.07, 6.45) is -1.15. The lowest BCUT2D eigenvalue weighted by Gasteiger charge is -2.19. The minimum atomic E-state index is -1.72. The molecule has 0 spiro atoms. The first-order valence-corrected chi connectivity index (χ1v) is 5.13. The van der Waals surface area contributed by atoms with Crippen molar-refractivity contribution in [1.29, 1.82) is 0 Å². The van der Waals surface area contributed by atoms with E-state index < -0.39 is 9.90 Å². The average Bonchev–Trinajstić information content (AvgIpc) is 2.24. The van der Waals surface area contributed by atoms with E-state index in [1.165, 1.54) is 0 Å². The van der Waals surface area contributed by atoms with Crippen LogP contribution in [0.3, 0.4) is 0 Å². The molecule has 1 aromatic rings. The van der Waals surface area contributed by atoms with Crippen LogP contribution in [0.15, 0.2) is 0 Å². The molecule has 1 rings (SSSR count). The number of hydrogen-bond acceptors (Lipinski definition) is 2. The molecule has 1 aromatic heterocycles. The molecule has 0 unspecified atom stereocenters. The lowest BCUT2D eigenvalue weighted by molar-refractivity contribution is 0.181. The molecule has 0 aliphatic heterocycles. The van der Waals surface area contributed by atoms with Gasteiger partial charge in [-0.2, -0.15) is 5.10 Å². The monoisotopic (exact) mass is 256 g/mol. The van der Waals surface area contributed by atoms with Crippen LogP contribution in [0.25, 0.3) is 0 Å². The minimum Gasteiger partial charge on any atom is -0.384 e. The highest BCUT2D eigenvalue weighted by atomic mass is 35.6. The summed E-state index contributed by atoms with van der Waals surface area (Å²) in [6, 6.07) is 0. The summed E-state index contributed by atoms with van der Waals surface area (Å²) in [5.41, 5.74) is 2.04. The maximum absolute atomic E-state index is 9.78. The largest absolute Gasteiger partial charge is 0.384 e. The first-order chi connectivity index (χ1) is 6.25. The van der Waals surface area contributed by atoms with Crippen molar-refractivity contribution in [1.82, 2.24) is 9.78 Å². The first kappa shape index (κ1) is 12.1. The van der Waals surface area contributed by atoms with Gasteiger partial charge < -0.3 is 5.11 Å². The fourth-order valence-corrected chi connectivity index (χ4v) is 1.68. The highest BCUT2D eigenvalue weighted by Crippen LogP contribution is 2.41. The normalized spacial score (nSPS) is 14.5. The van der Waals surface area contributed by atoms with E-state index in [0.29, 0.717) is 11.3 Å². The zero-order valence-electron chi connectivity index (χ0n) is 8.05. The fourth-order valence-electron chi connectivity index (χ4n) is 1.35. The van der Waals surface area contributed by atoms with E-state index >= 15 is 0 Å². The van der Waals surface area contributed by atoms with Crippen molar-refractivity contribution in [3.8, 4) is 0 Å². The Labute approximate surface area is 97.6 Å². The fraction of sp³-hybridized carbons (Fsp3) is 0.625. The summed E-state index contributed by atoms with van der Waals surface area (Å²) in [6.45, 7) is 3.58. The third kappa shape index (κ3) is 2.16. The Morgan fingerprint density at radius 3 is 2.14 bits per heavy atom. The lowest BCUT2D eigenvalue weighted by atomic mass is 10.1. The number of rotatable bonds is 1. The quantitative estimate of drug-likeness (QED) is 0.785. The number of aromatic nitrogens is 2. The van der Waals surface area contributed by atoms with Crippen LogP contribution >= 0.6 is 34.8 Å². The third-order valence-corrected chi connectivity index (χ3v) is 2.77. The Morgan fingerprint density at radius 1 is 1.36 bits per heavy atom. The van der Waals surface area contributed by atoms with Crippen LogP contribution in [-0.2, 0) is 7.05 Å². The molecule has 0 saturated carbocycles. The van der Waals surface area contributed by atoms with E-state index in [1.807, 2.05) is 6.92 Å². The molecule has 1 N–H and O–H groups in total. The number of halogens is 3. The number of aliphatic hydroxyl groups excluding tert-OH is 1. The number of aliphatic hydroxyl groups is 1. The predicted molar refractivity (Wildman–Crippen MR) is 57.9 cm³/mol. The molecule has 80 valence electrons. The summed E-state index contributed by atoms with van der Waals surface area (Å²) in [5, 5.41) is 13.9. The first-order valence-electron chi connectivity index (χ1n) is 4.00. The van der Waals surface area contributed by atoms with E-state index in [0.717, 1.165) is 5.69 Å². The van der Waals surface area contributed by atoms with Crippen LogP contribution in [-0.4, -0.2) is 18.7 Å². The van der Waals surface area contributed by atoms with Gasteiger partial charge in [-0.05, 0) is 13.8 Å². The Hall–Kier alpha value is 0.0400. The van der Waals surface area contributed by atoms with Gasteiger partial charge in [0.2, 0.25) is 3.79 Å². The standard InChI is InChI=1S/C8H11Cl3N2O/c1-4-6(5(2)13(3)12-4)7(14)8(9,10)11/h7,14H,1-3H3/t7-/m0/s1. The van der Waals surface area contributed by atoms with Gasteiger partial charge in [0.1, 0.15) is 6.10 Å². The number of nitrogens with zero attached hydrogens (tertiary/aromatic N) is 2. The van der Waals surface area contributed by atoms with E-state index in [4.69, 9.17) is 34.8 Å². The highest BCUT2D eigenvalue weighted by molar-refractivity contribution is 6.68. The van der Waals surface area contributed by atoms with Gasteiger partial charge in [-0.15, -0.1) is 0 Å². The highest BCUT2D eigenvalue weighted by Gasteiger charge is 2.35. The lowest BCUT2D eigenvalue weighted by Crippen LogP contribution is -2.17. The number of hydrogen-bond donors (Lipinski definition) is 1. The van der Waals surface area contributed by atoms with Gasteiger partial charge in [0.15, 0.2) is 0 Å². The Kier molecular flexibility index (Phi) is 3.37. The van der Waals surface area contributed by atoms with Crippen LogP contribution in [0.2, 0.25) is 0 Å². The van der Waals surface area contributed by atoms with Crippen molar-refractivity contribution in [3.05, 3.63) is 17.0 Å². The minimum absolute atomic E-state index is 0.576. The Morgan fingerprint density at radius 2 is 1.86 bits per heavy atom. The number of aryl methyl sites for hydroxylation is 2. The zero-order valence-corrected chi connectivity index (χ0v) is 10.3. The maximum atomic E-state index is 9.78. The van der Waals surface area contributed by atoms with Crippen LogP contribution in [0.5, 0.6) is 0 Å². The van der Waals surface area contributed by atoms with Crippen molar-refractivity contribution in [2.75, 3.05) is 0 Å². The summed E-state index contributed by atoms with van der Waals surface area (Å²) >= 11 is 16.8. The number of alkyl halides is 3. The second-order valence-corrected chi connectivity index (χ2v) is 5.52. The van der Waals surface area contributed by atoms with Crippen LogP contribution in [0, 0.1) is 13.8 Å². The molecule has 3 nitrogen and oxygen atoms in total. The van der Waals surface area contributed by atoms with Gasteiger partial charge in [-0.3, -0.25) is 4.68 Å². The summed E-state index contributed by atoms with van der Waals surface area (Å²) in [7, 11) is 1.77. The predicted octanol–water partition coefficient (Wildman–Crippen LogP) is 2.44. The maximum Gasteiger partial charge on any atom is 0.220 e. The van der Waals surface area contributed by atoms with Gasteiger partial charge in [0.25, 0.3) is 0 Å². The van der Waals surface area contributed by atoms with Gasteiger partial charge in [0, 0.05) is 18.3 Å². The SMILES string of the molecule is Cc1nn(C)c(C)c1[C@H](O)C(Cl)(Cl)Cl. The molecule has 0 fully saturated rings. The molecule has 6 heteroatoms. The van der Waals surface area contributed by atoms with Crippen LogP contribution in [0.4, 0.5) is 0 Å². The molecule has 1 heterocycles. The molecule has 1 atom stereocenters. The Bertz CT molecular complexity index is 343. The van der Waals surface area contributed by atoms with Crippen molar-refractivity contribution in [2.24, 2.45) is 7.05 Å². The molecule has 0 radical (unpaired) electrons. The van der Waals surface area contributed by atoms with Gasteiger partial charge in [0.05, 0.1) is 5.69 Å². The summed E-state index contributed by atoms with van der Waals surface area (Å²) in [5.74, 6) is 0. The second-order valence-electron chi connectivity index (χ2n) is 3.15. The van der Waals surface area contributed by atoms with Gasteiger partial charge in [-0.1, -0.05) is 34.8 Å². The van der Waals surface area contributed by atoms with Gasteiger partial charge >= 0.3 is 0 Å². The third-order valence-electron chi connectivity index (χ3n) is 2.15.